The van der Waals surface area contributed by atoms with Gasteiger partial charge in [-0.2, -0.15) is 18.3 Å². The molecule has 2 N–H and O–H groups in total. The lowest BCUT2D eigenvalue weighted by atomic mass is 10.0. The van der Waals surface area contributed by atoms with Crippen LogP contribution in [0.4, 0.5) is 23.2 Å². The minimum Gasteiger partial charge on any atom is -0.322 e. The van der Waals surface area contributed by atoms with E-state index in [1.54, 1.807) is 53.3 Å². The Kier molecular flexibility index (Phi) is 10.3. The normalized spacial score (nSPS) is 17.6. The van der Waals surface area contributed by atoms with Crippen molar-refractivity contribution in [3.8, 4) is 11.8 Å². The van der Waals surface area contributed by atoms with Gasteiger partial charge in [-0.05, 0) is 84.0 Å². The van der Waals surface area contributed by atoms with Crippen molar-refractivity contribution in [3.63, 3.8) is 0 Å². The standard InChI is InChI=1S/C42H36F4N8O4/c1-25-4-5-28(19-27(25)7-9-32-21-47-36-3-2-12-48-54(32)36)39(56)49-31-8-6-29(33(20-31)42(44,45)46)23-52-15-13-51(14-16-52)22-26-17-30-24-53(41(58)38(30)34(43)18-26)35-10-11-37(55)50-40(35)57/h2-6,8,12,17-21,35H,10-11,13-16,22-24H2,1H3,(H,49,56)(H,50,55,57). The first kappa shape index (κ1) is 38.4. The summed E-state index contributed by atoms with van der Waals surface area (Å²) in [7, 11) is 0. The first-order valence-electron chi connectivity index (χ1n) is 18.6. The number of alkyl halides is 3. The van der Waals surface area contributed by atoms with Gasteiger partial charge in [0.1, 0.15) is 17.6 Å². The molecule has 2 saturated heterocycles. The van der Waals surface area contributed by atoms with Crippen molar-refractivity contribution in [2.45, 2.75) is 51.6 Å². The first-order valence-corrected chi connectivity index (χ1v) is 18.6. The molecule has 5 heterocycles. The van der Waals surface area contributed by atoms with Gasteiger partial charge in [0.15, 0.2) is 5.65 Å². The van der Waals surface area contributed by atoms with Crippen LogP contribution < -0.4 is 10.6 Å². The molecule has 1 atom stereocenters. The summed E-state index contributed by atoms with van der Waals surface area (Å²) >= 11 is 0. The van der Waals surface area contributed by atoms with Gasteiger partial charge >= 0.3 is 6.18 Å². The van der Waals surface area contributed by atoms with Crippen molar-refractivity contribution in [1.29, 1.82) is 0 Å². The molecule has 2 aromatic heterocycles. The molecule has 8 rings (SSSR count). The number of imidazole rings is 1. The Morgan fingerprint density at radius 2 is 1.74 bits per heavy atom. The van der Waals surface area contributed by atoms with Gasteiger partial charge in [0.2, 0.25) is 11.8 Å². The van der Waals surface area contributed by atoms with Crippen molar-refractivity contribution < 1.29 is 36.7 Å². The number of rotatable bonds is 7. The summed E-state index contributed by atoms with van der Waals surface area (Å²) in [4.78, 5) is 59.8. The highest BCUT2D eigenvalue weighted by molar-refractivity contribution is 6.06. The summed E-state index contributed by atoms with van der Waals surface area (Å²) < 4.78 is 60.1. The average Bonchev–Trinajstić information content (AvgIpc) is 3.75. The average molecular weight is 793 g/mol. The smallest absolute Gasteiger partial charge is 0.322 e. The van der Waals surface area contributed by atoms with E-state index in [9.17, 15) is 32.3 Å². The maximum atomic E-state index is 15.3. The molecule has 296 valence electrons. The Hall–Kier alpha value is -6.44. The Bertz CT molecular complexity index is 2550. The zero-order valence-corrected chi connectivity index (χ0v) is 31.2. The van der Waals surface area contributed by atoms with Crippen LogP contribution in [0.25, 0.3) is 5.65 Å². The number of imide groups is 1. The Morgan fingerprint density at radius 3 is 2.50 bits per heavy atom. The summed E-state index contributed by atoms with van der Waals surface area (Å²) in [6.07, 6.45) is -1.20. The molecule has 0 aliphatic carbocycles. The number of nitrogens with zero attached hydrogens (tertiary/aromatic N) is 6. The molecule has 3 aliphatic heterocycles. The van der Waals surface area contributed by atoms with E-state index in [4.69, 9.17) is 0 Å². The summed E-state index contributed by atoms with van der Waals surface area (Å²) in [5, 5.41) is 9.09. The minimum atomic E-state index is -4.68. The Balaban J connectivity index is 0.892. The largest absolute Gasteiger partial charge is 0.416 e. The summed E-state index contributed by atoms with van der Waals surface area (Å²) in [6.45, 7) is 4.21. The fourth-order valence-electron chi connectivity index (χ4n) is 7.62. The number of nitrogens with one attached hydrogen (secondary N) is 2. The minimum absolute atomic E-state index is 0.000541. The third-order valence-corrected chi connectivity index (χ3v) is 10.7. The highest BCUT2D eigenvalue weighted by Crippen LogP contribution is 2.35. The first-order chi connectivity index (χ1) is 27.8. The van der Waals surface area contributed by atoms with Crippen LogP contribution in [-0.2, 0) is 35.4 Å². The molecular weight excluding hydrogens is 757 g/mol. The van der Waals surface area contributed by atoms with E-state index in [1.165, 1.54) is 23.1 Å². The molecule has 1 unspecified atom stereocenters. The van der Waals surface area contributed by atoms with Gasteiger partial charge in [0, 0.05) is 75.2 Å². The third-order valence-electron chi connectivity index (χ3n) is 10.7. The molecule has 58 heavy (non-hydrogen) atoms. The summed E-state index contributed by atoms with van der Waals surface area (Å²) in [5.41, 5.74) is 3.04. The predicted molar refractivity (Wildman–Crippen MR) is 203 cm³/mol. The molecule has 0 saturated carbocycles. The Labute approximate surface area is 329 Å². The number of piperidine rings is 1. The van der Waals surface area contributed by atoms with Gasteiger partial charge in [-0.3, -0.25) is 34.3 Å². The molecule has 16 heteroatoms. The van der Waals surface area contributed by atoms with Crippen LogP contribution in [0.5, 0.6) is 0 Å². The van der Waals surface area contributed by atoms with E-state index >= 15 is 4.39 Å². The van der Waals surface area contributed by atoms with Crippen LogP contribution in [0.1, 0.15) is 72.6 Å². The number of piperazine rings is 1. The fraction of sp³-hybridized carbons (Fsp3) is 0.286. The van der Waals surface area contributed by atoms with Crippen molar-refractivity contribution >= 4 is 35.0 Å². The Morgan fingerprint density at radius 1 is 0.966 bits per heavy atom. The van der Waals surface area contributed by atoms with Crippen molar-refractivity contribution in [3.05, 3.63) is 129 Å². The second-order valence-corrected chi connectivity index (χ2v) is 14.6. The van der Waals surface area contributed by atoms with Crippen molar-refractivity contribution in [2.75, 3.05) is 31.5 Å². The molecule has 0 bridgehead atoms. The molecular formula is C42H36F4N8O4. The van der Waals surface area contributed by atoms with Gasteiger partial charge in [0.25, 0.3) is 11.8 Å². The van der Waals surface area contributed by atoms with Crippen molar-refractivity contribution in [1.82, 2.24) is 34.6 Å². The number of amides is 4. The van der Waals surface area contributed by atoms with Crippen LogP contribution in [-0.4, -0.2) is 85.1 Å². The maximum Gasteiger partial charge on any atom is 0.416 e. The second kappa shape index (κ2) is 15.5. The number of fused-ring (bicyclic) bond motifs is 2. The SMILES string of the molecule is Cc1ccc(C(=O)Nc2ccc(CN3CCN(Cc4cc(F)c5c(c4)CN(C4CCC(=O)NC4=O)C5=O)CC3)c(C(F)(F)F)c2)cc1C#Cc1cnc2cccnn12. The van der Waals surface area contributed by atoms with E-state index in [0.29, 0.717) is 60.8 Å². The number of aryl methyl sites for hydroxylation is 1. The van der Waals surface area contributed by atoms with Crippen LogP contribution in [0, 0.1) is 24.6 Å². The van der Waals surface area contributed by atoms with E-state index in [0.717, 1.165) is 11.6 Å². The number of halogens is 4. The molecule has 0 radical (unpaired) electrons. The molecule has 4 amide bonds. The van der Waals surface area contributed by atoms with Crippen LogP contribution in [0.2, 0.25) is 0 Å². The number of hydrogen-bond donors (Lipinski definition) is 2. The van der Waals surface area contributed by atoms with Crippen LogP contribution in [0.3, 0.4) is 0 Å². The second-order valence-electron chi connectivity index (χ2n) is 14.6. The predicted octanol–water partition coefficient (Wildman–Crippen LogP) is 4.93. The molecule has 3 aliphatic rings. The zero-order chi connectivity index (χ0) is 40.7. The topological polar surface area (TPSA) is 132 Å². The highest BCUT2D eigenvalue weighted by atomic mass is 19.4. The number of hydrogen-bond acceptors (Lipinski definition) is 8. The van der Waals surface area contributed by atoms with Gasteiger partial charge in [-0.15, -0.1) is 0 Å². The molecule has 3 aromatic carbocycles. The zero-order valence-electron chi connectivity index (χ0n) is 31.2. The molecule has 2 fully saturated rings. The van der Waals surface area contributed by atoms with Gasteiger partial charge < -0.3 is 10.2 Å². The van der Waals surface area contributed by atoms with E-state index < -0.39 is 47.2 Å². The molecule has 0 spiro atoms. The maximum absolute atomic E-state index is 15.3. The van der Waals surface area contributed by atoms with E-state index in [2.05, 4.69) is 37.5 Å². The van der Waals surface area contributed by atoms with Crippen molar-refractivity contribution in [2.24, 2.45) is 0 Å². The van der Waals surface area contributed by atoms with Gasteiger partial charge in [-0.1, -0.05) is 24.1 Å². The quantitative estimate of drug-likeness (QED) is 0.135. The fourth-order valence-corrected chi connectivity index (χ4v) is 7.62. The van der Waals surface area contributed by atoms with Crippen LogP contribution in [0.15, 0.2) is 73.1 Å². The lowest BCUT2D eigenvalue weighted by molar-refractivity contribution is -0.139. The number of aromatic nitrogens is 3. The van der Waals surface area contributed by atoms with Gasteiger partial charge in [0.05, 0.1) is 17.3 Å². The summed E-state index contributed by atoms with van der Waals surface area (Å²) in [6, 6.07) is 14.5. The van der Waals surface area contributed by atoms with Crippen LogP contribution >= 0.6 is 0 Å². The monoisotopic (exact) mass is 792 g/mol. The third kappa shape index (κ3) is 7.91. The molecule has 12 nitrogen and oxygen atoms in total. The summed E-state index contributed by atoms with van der Waals surface area (Å²) in [5.74, 6) is 3.24. The lowest BCUT2D eigenvalue weighted by Gasteiger charge is -2.35. The number of carbonyl (C=O) groups excluding carboxylic acids is 4. The van der Waals surface area contributed by atoms with E-state index in [1.807, 2.05) is 11.8 Å². The number of anilines is 1. The highest BCUT2D eigenvalue weighted by Gasteiger charge is 2.41. The number of carbonyl (C=O) groups is 4. The van der Waals surface area contributed by atoms with E-state index in [-0.39, 0.29) is 48.3 Å². The molecule has 5 aromatic rings. The number of benzene rings is 3. The lowest BCUT2D eigenvalue weighted by Crippen LogP contribution is -2.52. The van der Waals surface area contributed by atoms with Gasteiger partial charge in [-0.25, -0.2) is 13.9 Å².